The summed E-state index contributed by atoms with van der Waals surface area (Å²) in [5.74, 6) is 1.38. The number of rotatable bonds is 5. The average Bonchev–Trinajstić information content (AvgIpc) is 3.18. The molecule has 0 amide bonds. The summed E-state index contributed by atoms with van der Waals surface area (Å²) in [6.07, 6.45) is 1.60. The van der Waals surface area contributed by atoms with Gasteiger partial charge >= 0.3 is 0 Å². The molecule has 0 unspecified atom stereocenters. The van der Waals surface area contributed by atoms with E-state index in [1.54, 1.807) is 12.3 Å². The van der Waals surface area contributed by atoms with Crippen LogP contribution < -0.4 is 0 Å². The fourth-order valence-corrected chi connectivity index (χ4v) is 3.09. The Morgan fingerprint density at radius 1 is 1.22 bits per heavy atom. The minimum absolute atomic E-state index is 0.0811. The molecule has 0 saturated carbocycles. The Morgan fingerprint density at radius 3 is 2.61 bits per heavy atom. The van der Waals surface area contributed by atoms with Crippen molar-refractivity contribution in [2.24, 2.45) is 7.05 Å². The summed E-state index contributed by atoms with van der Waals surface area (Å²) < 4.78 is 7.18. The predicted molar refractivity (Wildman–Crippen MR) is 89.5 cm³/mol. The first-order valence-corrected chi connectivity index (χ1v) is 8.15. The van der Waals surface area contributed by atoms with Crippen LogP contribution in [0.5, 0.6) is 0 Å². The van der Waals surface area contributed by atoms with Gasteiger partial charge in [-0.25, -0.2) is 0 Å². The van der Waals surface area contributed by atoms with E-state index >= 15 is 0 Å². The van der Waals surface area contributed by atoms with Gasteiger partial charge in [0, 0.05) is 12.6 Å². The molecule has 0 aliphatic heterocycles. The number of carbonyl (C=O) groups excluding carboxylic acids is 1. The summed E-state index contributed by atoms with van der Waals surface area (Å²) in [6.45, 7) is 3.89. The Balaban J connectivity index is 1.77. The van der Waals surface area contributed by atoms with E-state index in [0.29, 0.717) is 22.3 Å². The molecule has 1 atom stereocenters. The third-order valence-electron chi connectivity index (χ3n) is 3.56. The van der Waals surface area contributed by atoms with Gasteiger partial charge in [0.05, 0.1) is 11.5 Å². The van der Waals surface area contributed by atoms with E-state index < -0.39 is 0 Å². The van der Waals surface area contributed by atoms with Crippen LogP contribution in [0.3, 0.4) is 0 Å². The molecule has 0 bridgehead atoms. The van der Waals surface area contributed by atoms with Gasteiger partial charge in [-0.3, -0.25) is 4.79 Å². The maximum Gasteiger partial charge on any atom is 0.200 e. The fraction of sp³-hybridized carbons (Fsp3) is 0.235. The first-order chi connectivity index (χ1) is 11.1. The van der Waals surface area contributed by atoms with E-state index in [1.807, 2.05) is 55.8 Å². The van der Waals surface area contributed by atoms with Gasteiger partial charge in [-0.1, -0.05) is 41.6 Å². The molecular formula is C17H17N3O2S. The Hall–Kier alpha value is -2.34. The van der Waals surface area contributed by atoms with Crippen molar-refractivity contribution in [1.29, 1.82) is 0 Å². The SMILES string of the molecule is Cc1ccc(C(=O)[C@@H](C)Sc2nnc(-c3ccco3)n2C)cc1. The number of thioether (sulfide) groups is 1. The lowest BCUT2D eigenvalue weighted by molar-refractivity contribution is 0.0994. The molecule has 0 radical (unpaired) electrons. The molecule has 23 heavy (non-hydrogen) atoms. The van der Waals surface area contributed by atoms with Crippen molar-refractivity contribution in [2.75, 3.05) is 0 Å². The highest BCUT2D eigenvalue weighted by Gasteiger charge is 2.21. The van der Waals surface area contributed by atoms with Crippen LogP contribution in [0.15, 0.2) is 52.2 Å². The number of Topliss-reactive ketones (excluding diaryl/α,β-unsaturated/α-hetero) is 1. The number of ketones is 1. The largest absolute Gasteiger partial charge is 0.461 e. The molecule has 6 heteroatoms. The van der Waals surface area contributed by atoms with Crippen LogP contribution in [0.2, 0.25) is 0 Å². The molecule has 0 aliphatic rings. The molecule has 3 rings (SSSR count). The smallest absolute Gasteiger partial charge is 0.200 e. The Labute approximate surface area is 138 Å². The summed E-state index contributed by atoms with van der Waals surface area (Å²) in [6, 6.07) is 11.3. The van der Waals surface area contributed by atoms with Crippen LogP contribution in [0.4, 0.5) is 0 Å². The molecule has 118 valence electrons. The number of aryl methyl sites for hydroxylation is 1. The number of aromatic nitrogens is 3. The van der Waals surface area contributed by atoms with Crippen molar-refractivity contribution in [1.82, 2.24) is 14.8 Å². The average molecular weight is 327 g/mol. The summed E-state index contributed by atoms with van der Waals surface area (Å²) in [7, 11) is 1.86. The Kier molecular flexibility index (Phi) is 4.34. The van der Waals surface area contributed by atoms with Gasteiger partial charge in [-0.2, -0.15) is 0 Å². The number of hydrogen-bond acceptors (Lipinski definition) is 5. The predicted octanol–water partition coefficient (Wildman–Crippen LogP) is 3.75. The van der Waals surface area contributed by atoms with Gasteiger partial charge in [0.25, 0.3) is 0 Å². The zero-order valence-corrected chi connectivity index (χ0v) is 14.0. The summed E-state index contributed by atoms with van der Waals surface area (Å²) >= 11 is 1.39. The molecule has 2 heterocycles. The zero-order valence-electron chi connectivity index (χ0n) is 13.2. The first-order valence-electron chi connectivity index (χ1n) is 7.27. The molecule has 0 saturated heterocycles. The number of hydrogen-bond donors (Lipinski definition) is 0. The summed E-state index contributed by atoms with van der Waals surface area (Å²) in [5, 5.41) is 8.75. The van der Waals surface area contributed by atoms with Gasteiger partial charge in [0.15, 0.2) is 22.5 Å². The molecule has 0 fully saturated rings. The van der Waals surface area contributed by atoms with Gasteiger partial charge in [0.2, 0.25) is 0 Å². The molecule has 1 aromatic carbocycles. The Bertz CT molecular complexity index is 807. The van der Waals surface area contributed by atoms with E-state index in [4.69, 9.17) is 4.42 Å². The molecular weight excluding hydrogens is 310 g/mol. The molecule has 0 spiro atoms. The number of benzene rings is 1. The monoisotopic (exact) mass is 327 g/mol. The van der Waals surface area contributed by atoms with Crippen molar-refractivity contribution in [3.63, 3.8) is 0 Å². The number of nitrogens with zero attached hydrogens (tertiary/aromatic N) is 3. The summed E-state index contributed by atoms with van der Waals surface area (Å²) in [4.78, 5) is 12.5. The van der Waals surface area contributed by atoms with E-state index in [-0.39, 0.29) is 11.0 Å². The van der Waals surface area contributed by atoms with E-state index in [9.17, 15) is 4.79 Å². The third kappa shape index (κ3) is 3.22. The lowest BCUT2D eigenvalue weighted by Crippen LogP contribution is -2.14. The normalized spacial score (nSPS) is 12.3. The number of carbonyl (C=O) groups is 1. The van der Waals surface area contributed by atoms with Crippen LogP contribution in [0.1, 0.15) is 22.8 Å². The number of furan rings is 1. The van der Waals surface area contributed by atoms with Crippen molar-refractivity contribution >= 4 is 17.5 Å². The highest BCUT2D eigenvalue weighted by atomic mass is 32.2. The quantitative estimate of drug-likeness (QED) is 0.527. The van der Waals surface area contributed by atoms with Crippen molar-refractivity contribution in [3.05, 3.63) is 53.8 Å². The third-order valence-corrected chi connectivity index (χ3v) is 4.70. The topological polar surface area (TPSA) is 60.9 Å². The molecule has 3 aromatic rings. The lowest BCUT2D eigenvalue weighted by Gasteiger charge is -2.10. The highest BCUT2D eigenvalue weighted by Crippen LogP contribution is 2.27. The second-order valence-electron chi connectivity index (χ2n) is 5.33. The van der Waals surface area contributed by atoms with E-state index in [0.717, 1.165) is 5.56 Å². The Morgan fingerprint density at radius 2 is 1.96 bits per heavy atom. The standard InChI is InChI=1S/C17H17N3O2S/c1-11-6-8-13(9-7-11)15(21)12(2)23-17-19-18-16(20(17)3)14-5-4-10-22-14/h4-10,12H,1-3H3/t12-/m1/s1. The zero-order chi connectivity index (χ0) is 16.4. The summed E-state index contributed by atoms with van der Waals surface area (Å²) in [5.41, 5.74) is 1.85. The van der Waals surface area contributed by atoms with Crippen LogP contribution in [0, 0.1) is 6.92 Å². The molecule has 0 N–H and O–H groups in total. The molecule has 2 aromatic heterocycles. The van der Waals surface area contributed by atoms with E-state index in [2.05, 4.69) is 10.2 Å². The molecule has 5 nitrogen and oxygen atoms in total. The van der Waals surface area contributed by atoms with Gasteiger partial charge < -0.3 is 8.98 Å². The second-order valence-corrected chi connectivity index (χ2v) is 6.64. The maximum absolute atomic E-state index is 12.5. The van der Waals surface area contributed by atoms with Crippen LogP contribution in [-0.4, -0.2) is 25.8 Å². The van der Waals surface area contributed by atoms with Crippen molar-refractivity contribution in [3.8, 4) is 11.6 Å². The van der Waals surface area contributed by atoms with Crippen molar-refractivity contribution < 1.29 is 9.21 Å². The minimum Gasteiger partial charge on any atom is -0.461 e. The van der Waals surface area contributed by atoms with Crippen molar-refractivity contribution in [2.45, 2.75) is 24.3 Å². The van der Waals surface area contributed by atoms with Crippen LogP contribution in [-0.2, 0) is 7.05 Å². The molecule has 0 aliphatic carbocycles. The first kappa shape index (κ1) is 15.6. The highest BCUT2D eigenvalue weighted by molar-refractivity contribution is 8.00. The van der Waals surface area contributed by atoms with Crippen LogP contribution >= 0.6 is 11.8 Å². The van der Waals surface area contributed by atoms with Crippen LogP contribution in [0.25, 0.3) is 11.6 Å². The second kappa shape index (κ2) is 6.42. The minimum atomic E-state index is -0.245. The van der Waals surface area contributed by atoms with Gasteiger partial charge in [-0.05, 0) is 26.0 Å². The lowest BCUT2D eigenvalue weighted by atomic mass is 10.1. The fourth-order valence-electron chi connectivity index (χ4n) is 2.20. The van der Waals surface area contributed by atoms with Gasteiger partial charge in [0.1, 0.15) is 0 Å². The maximum atomic E-state index is 12.5. The van der Waals surface area contributed by atoms with Gasteiger partial charge in [-0.15, -0.1) is 10.2 Å². The van der Waals surface area contributed by atoms with E-state index in [1.165, 1.54) is 11.8 Å².